The second-order valence-electron chi connectivity index (χ2n) is 5.07. The van der Waals surface area contributed by atoms with Gasteiger partial charge < -0.3 is 15.8 Å². The van der Waals surface area contributed by atoms with Gasteiger partial charge >= 0.3 is 0 Å². The minimum atomic E-state index is -0.120. The zero-order valence-corrected chi connectivity index (χ0v) is 11.8. The fourth-order valence-electron chi connectivity index (χ4n) is 1.60. The van der Waals surface area contributed by atoms with Gasteiger partial charge in [-0.15, -0.1) is 0 Å². The van der Waals surface area contributed by atoms with E-state index < -0.39 is 0 Å². The summed E-state index contributed by atoms with van der Waals surface area (Å²) in [4.78, 5) is 8.72. The van der Waals surface area contributed by atoms with Crippen LogP contribution in [0.3, 0.4) is 0 Å². The lowest BCUT2D eigenvalue weighted by molar-refractivity contribution is 0.304. The average molecular weight is 252 g/mol. The zero-order valence-electron chi connectivity index (χ0n) is 11.8. The molecule has 0 unspecified atom stereocenters. The molecule has 0 aromatic carbocycles. The van der Waals surface area contributed by atoms with Crippen molar-refractivity contribution in [1.82, 2.24) is 9.97 Å². The van der Waals surface area contributed by atoms with E-state index in [1.807, 2.05) is 13.0 Å². The molecule has 5 heteroatoms. The van der Waals surface area contributed by atoms with Crippen molar-refractivity contribution in [3.63, 3.8) is 0 Å². The molecule has 0 aliphatic heterocycles. The molecule has 0 spiro atoms. The number of nitrogens with one attached hydrogen (secondary N) is 1. The maximum atomic E-state index is 5.59. The number of rotatable bonds is 7. The van der Waals surface area contributed by atoms with Crippen LogP contribution < -0.4 is 15.8 Å². The van der Waals surface area contributed by atoms with Crippen molar-refractivity contribution in [1.29, 1.82) is 0 Å². The predicted octanol–water partition coefficient (Wildman–Crippen LogP) is 2.11. The largest absolute Gasteiger partial charge is 0.478 e. The summed E-state index contributed by atoms with van der Waals surface area (Å²) >= 11 is 0. The Morgan fingerprint density at radius 2 is 2.11 bits per heavy atom. The molecular formula is C13H24N4O. The highest BCUT2D eigenvalue weighted by atomic mass is 16.5. The number of nitrogens with two attached hydrogens (primary N) is 1. The van der Waals surface area contributed by atoms with E-state index in [2.05, 4.69) is 36.1 Å². The Hall–Kier alpha value is -1.36. The fourth-order valence-corrected chi connectivity index (χ4v) is 1.60. The molecule has 1 aromatic rings. The van der Waals surface area contributed by atoms with E-state index in [9.17, 15) is 0 Å². The lowest BCUT2D eigenvalue weighted by atomic mass is 10.0. The van der Waals surface area contributed by atoms with E-state index in [0.717, 1.165) is 18.5 Å². The summed E-state index contributed by atoms with van der Waals surface area (Å²) in [5.41, 5.74) is 6.36. The van der Waals surface area contributed by atoms with E-state index in [0.29, 0.717) is 25.0 Å². The van der Waals surface area contributed by atoms with Crippen LogP contribution in [0, 0.1) is 6.92 Å². The Balaban J connectivity index is 2.79. The molecule has 0 saturated heterocycles. The maximum Gasteiger partial charge on any atom is 0.226 e. The van der Waals surface area contributed by atoms with Crippen LogP contribution in [-0.4, -0.2) is 28.7 Å². The highest BCUT2D eigenvalue weighted by Crippen LogP contribution is 2.17. The molecule has 3 N–H and O–H groups in total. The summed E-state index contributed by atoms with van der Waals surface area (Å²) in [6, 6.07) is 1.84. The molecule has 1 heterocycles. The molecular weight excluding hydrogens is 228 g/mol. The molecule has 18 heavy (non-hydrogen) atoms. The third-order valence-corrected chi connectivity index (χ3v) is 2.50. The standard InChI is InChI=1S/C13H24N4O/c1-5-8-18-11-9-10(2)15-12(16-11)17-13(3,4)6-7-14/h9H,5-8,14H2,1-4H3,(H,15,16,17). The Kier molecular flexibility index (Phi) is 5.34. The molecule has 0 atom stereocenters. The van der Waals surface area contributed by atoms with Crippen LogP contribution in [0.4, 0.5) is 5.95 Å². The van der Waals surface area contributed by atoms with Crippen LogP contribution >= 0.6 is 0 Å². The predicted molar refractivity (Wildman–Crippen MR) is 73.9 cm³/mol. The summed E-state index contributed by atoms with van der Waals surface area (Å²) in [5, 5.41) is 3.29. The Labute approximate surface area is 109 Å². The van der Waals surface area contributed by atoms with Gasteiger partial charge in [-0.05, 0) is 40.2 Å². The number of anilines is 1. The van der Waals surface area contributed by atoms with Gasteiger partial charge in [-0.25, -0.2) is 4.98 Å². The topological polar surface area (TPSA) is 73.1 Å². The smallest absolute Gasteiger partial charge is 0.226 e. The minimum absolute atomic E-state index is 0.120. The van der Waals surface area contributed by atoms with E-state index in [4.69, 9.17) is 10.5 Å². The summed E-state index contributed by atoms with van der Waals surface area (Å²) in [5.74, 6) is 1.22. The third-order valence-electron chi connectivity index (χ3n) is 2.50. The normalized spacial score (nSPS) is 11.4. The van der Waals surface area contributed by atoms with Crippen molar-refractivity contribution >= 4 is 5.95 Å². The first-order valence-electron chi connectivity index (χ1n) is 6.43. The first-order valence-corrected chi connectivity index (χ1v) is 6.43. The molecule has 5 nitrogen and oxygen atoms in total. The van der Waals surface area contributed by atoms with Crippen LogP contribution in [-0.2, 0) is 0 Å². The molecule has 1 rings (SSSR count). The van der Waals surface area contributed by atoms with Gasteiger partial charge in [0.1, 0.15) is 0 Å². The monoisotopic (exact) mass is 252 g/mol. The molecule has 0 bridgehead atoms. The molecule has 0 amide bonds. The molecule has 0 fully saturated rings. The van der Waals surface area contributed by atoms with Crippen molar-refractivity contribution in [2.75, 3.05) is 18.5 Å². The van der Waals surface area contributed by atoms with Crippen molar-refractivity contribution < 1.29 is 4.74 Å². The lowest BCUT2D eigenvalue weighted by Crippen LogP contribution is -2.34. The fraction of sp³-hybridized carbons (Fsp3) is 0.692. The van der Waals surface area contributed by atoms with Gasteiger partial charge in [0, 0.05) is 17.3 Å². The molecule has 102 valence electrons. The first-order chi connectivity index (χ1) is 8.46. The Morgan fingerprint density at radius 3 is 2.72 bits per heavy atom. The third kappa shape index (κ3) is 4.87. The van der Waals surface area contributed by atoms with Crippen molar-refractivity contribution in [3.8, 4) is 5.88 Å². The van der Waals surface area contributed by atoms with Crippen LogP contribution in [0.1, 0.15) is 39.3 Å². The van der Waals surface area contributed by atoms with Gasteiger partial charge in [0.05, 0.1) is 6.61 Å². The minimum Gasteiger partial charge on any atom is -0.478 e. The summed E-state index contributed by atoms with van der Waals surface area (Å²) in [6.45, 7) is 9.46. The van der Waals surface area contributed by atoms with Crippen LogP contribution in [0.15, 0.2) is 6.07 Å². The van der Waals surface area contributed by atoms with E-state index in [-0.39, 0.29) is 5.54 Å². The van der Waals surface area contributed by atoms with Crippen molar-refractivity contribution in [2.45, 2.75) is 46.1 Å². The number of nitrogens with zero attached hydrogens (tertiary/aromatic N) is 2. The average Bonchev–Trinajstić information content (AvgIpc) is 2.24. The number of aryl methyl sites for hydroxylation is 1. The van der Waals surface area contributed by atoms with Gasteiger partial charge in [0.15, 0.2) is 0 Å². The maximum absolute atomic E-state index is 5.59. The molecule has 0 radical (unpaired) electrons. The van der Waals surface area contributed by atoms with E-state index in [1.165, 1.54) is 0 Å². The molecule has 0 aliphatic rings. The van der Waals surface area contributed by atoms with Crippen molar-refractivity contribution in [3.05, 3.63) is 11.8 Å². The summed E-state index contributed by atoms with van der Waals surface area (Å²) in [7, 11) is 0. The van der Waals surface area contributed by atoms with Crippen LogP contribution in [0.25, 0.3) is 0 Å². The molecule has 1 aromatic heterocycles. The quantitative estimate of drug-likeness (QED) is 0.777. The summed E-state index contributed by atoms with van der Waals surface area (Å²) in [6.07, 6.45) is 1.82. The van der Waals surface area contributed by atoms with E-state index in [1.54, 1.807) is 0 Å². The lowest BCUT2D eigenvalue weighted by Gasteiger charge is -2.25. The van der Waals surface area contributed by atoms with Crippen LogP contribution in [0.5, 0.6) is 5.88 Å². The number of hydrogen-bond acceptors (Lipinski definition) is 5. The van der Waals surface area contributed by atoms with E-state index >= 15 is 0 Å². The number of hydrogen-bond donors (Lipinski definition) is 2. The zero-order chi connectivity index (χ0) is 13.6. The van der Waals surface area contributed by atoms with Gasteiger partial charge in [-0.1, -0.05) is 6.92 Å². The van der Waals surface area contributed by atoms with Crippen molar-refractivity contribution in [2.24, 2.45) is 5.73 Å². The SMILES string of the molecule is CCCOc1cc(C)nc(NC(C)(C)CCN)n1. The second kappa shape index (κ2) is 6.54. The number of ether oxygens (including phenoxy) is 1. The number of aromatic nitrogens is 2. The summed E-state index contributed by atoms with van der Waals surface area (Å²) < 4.78 is 5.54. The second-order valence-corrected chi connectivity index (χ2v) is 5.07. The Bertz CT molecular complexity index is 379. The van der Waals surface area contributed by atoms with Gasteiger partial charge in [0.2, 0.25) is 11.8 Å². The van der Waals surface area contributed by atoms with Gasteiger partial charge in [-0.3, -0.25) is 0 Å². The molecule has 0 saturated carbocycles. The van der Waals surface area contributed by atoms with Gasteiger partial charge in [-0.2, -0.15) is 4.98 Å². The Morgan fingerprint density at radius 1 is 1.39 bits per heavy atom. The highest BCUT2D eigenvalue weighted by Gasteiger charge is 2.18. The highest BCUT2D eigenvalue weighted by molar-refractivity contribution is 5.33. The van der Waals surface area contributed by atoms with Crippen LogP contribution in [0.2, 0.25) is 0 Å². The van der Waals surface area contributed by atoms with Gasteiger partial charge in [0.25, 0.3) is 0 Å². The molecule has 0 aliphatic carbocycles. The first kappa shape index (κ1) is 14.7.